The highest BCUT2D eigenvalue weighted by molar-refractivity contribution is 8.18. The summed E-state index contributed by atoms with van der Waals surface area (Å²) in [6.07, 6.45) is 2.81. The van der Waals surface area contributed by atoms with Gasteiger partial charge >= 0.3 is 0 Å². The van der Waals surface area contributed by atoms with Crippen molar-refractivity contribution in [1.82, 2.24) is 20.0 Å². The molecule has 0 saturated carbocycles. The van der Waals surface area contributed by atoms with Crippen LogP contribution in [0.4, 0.5) is 9.18 Å². The first-order chi connectivity index (χ1) is 16.4. The van der Waals surface area contributed by atoms with Crippen LogP contribution < -0.4 is 5.32 Å². The standard InChI is InChI=1S/C23H23FN4O5S/c24-17-5-2-1-4-16(17)14-19-22(31)28(23(32)34-19)8-7-25-20(29)15-26-9-11-27(12-10-26)21(30)18-6-3-13-33-18/h1-6,13-14H,7-12,15H2,(H,25,29)/b19-14-. The van der Waals surface area contributed by atoms with Gasteiger partial charge in [0.15, 0.2) is 5.76 Å². The van der Waals surface area contributed by atoms with E-state index in [-0.39, 0.29) is 41.9 Å². The van der Waals surface area contributed by atoms with Crippen LogP contribution in [0.25, 0.3) is 6.08 Å². The first-order valence-electron chi connectivity index (χ1n) is 10.7. The van der Waals surface area contributed by atoms with Gasteiger partial charge in [0.2, 0.25) is 5.91 Å². The van der Waals surface area contributed by atoms with Crippen molar-refractivity contribution in [2.75, 3.05) is 45.8 Å². The molecule has 2 fully saturated rings. The number of carbonyl (C=O) groups excluding carboxylic acids is 4. The van der Waals surface area contributed by atoms with Gasteiger partial charge in [0.1, 0.15) is 5.82 Å². The zero-order valence-corrected chi connectivity index (χ0v) is 19.1. The lowest BCUT2D eigenvalue weighted by Crippen LogP contribution is -2.51. The summed E-state index contributed by atoms with van der Waals surface area (Å²) in [7, 11) is 0. The molecule has 178 valence electrons. The zero-order valence-electron chi connectivity index (χ0n) is 18.2. The summed E-state index contributed by atoms with van der Waals surface area (Å²) >= 11 is 0.746. The fraction of sp³-hybridized carbons (Fsp3) is 0.304. The van der Waals surface area contributed by atoms with Crippen LogP contribution in [0.5, 0.6) is 0 Å². The van der Waals surface area contributed by atoms with Crippen LogP contribution in [0.15, 0.2) is 52.0 Å². The first-order valence-corrected chi connectivity index (χ1v) is 11.6. The molecule has 2 aliphatic heterocycles. The SMILES string of the molecule is O=C(CN1CCN(C(=O)c2ccco2)CC1)NCCN1C(=O)S/C(=C\c2ccccc2F)C1=O. The fourth-order valence-electron chi connectivity index (χ4n) is 3.66. The van der Waals surface area contributed by atoms with Crippen LogP contribution in [0.1, 0.15) is 16.1 Å². The molecule has 0 unspecified atom stereocenters. The number of rotatable bonds is 7. The molecule has 2 saturated heterocycles. The summed E-state index contributed by atoms with van der Waals surface area (Å²) in [5, 5.41) is 2.26. The number of nitrogens with zero attached hydrogens (tertiary/aromatic N) is 3. The molecule has 3 heterocycles. The number of piperazine rings is 1. The van der Waals surface area contributed by atoms with Crippen molar-refractivity contribution in [2.24, 2.45) is 0 Å². The molecule has 4 amide bonds. The van der Waals surface area contributed by atoms with Crippen LogP contribution in [0, 0.1) is 5.82 Å². The maximum absolute atomic E-state index is 13.8. The van der Waals surface area contributed by atoms with Crippen molar-refractivity contribution in [3.8, 4) is 0 Å². The van der Waals surface area contributed by atoms with E-state index in [4.69, 9.17) is 4.42 Å². The second kappa shape index (κ2) is 10.7. The smallest absolute Gasteiger partial charge is 0.293 e. The van der Waals surface area contributed by atoms with Crippen LogP contribution in [0.2, 0.25) is 0 Å². The van der Waals surface area contributed by atoms with Crippen LogP contribution >= 0.6 is 11.8 Å². The molecule has 1 N–H and O–H groups in total. The highest BCUT2D eigenvalue weighted by atomic mass is 32.2. The Morgan fingerprint density at radius 1 is 1.09 bits per heavy atom. The summed E-state index contributed by atoms with van der Waals surface area (Å²) in [5.74, 6) is -1.10. The lowest BCUT2D eigenvalue weighted by atomic mass is 10.2. The Labute approximate surface area is 199 Å². The molecule has 2 aliphatic rings. The Hall–Kier alpha value is -3.44. The molecule has 0 bridgehead atoms. The number of thioether (sulfide) groups is 1. The van der Waals surface area contributed by atoms with E-state index in [2.05, 4.69) is 5.32 Å². The molecule has 1 aromatic heterocycles. The van der Waals surface area contributed by atoms with Crippen LogP contribution in [-0.4, -0.2) is 83.5 Å². The van der Waals surface area contributed by atoms with E-state index in [1.54, 1.807) is 29.2 Å². The molecule has 1 aromatic carbocycles. The second-order valence-electron chi connectivity index (χ2n) is 7.75. The summed E-state index contributed by atoms with van der Waals surface area (Å²) in [6, 6.07) is 9.27. The Kier molecular flexibility index (Phi) is 7.43. The van der Waals surface area contributed by atoms with E-state index in [0.717, 1.165) is 16.7 Å². The van der Waals surface area contributed by atoms with Gasteiger partial charge in [-0.25, -0.2) is 4.39 Å². The van der Waals surface area contributed by atoms with E-state index >= 15 is 0 Å². The summed E-state index contributed by atoms with van der Waals surface area (Å²) in [5.41, 5.74) is 0.229. The number of hydrogen-bond acceptors (Lipinski definition) is 7. The molecule has 4 rings (SSSR count). The molecule has 34 heavy (non-hydrogen) atoms. The van der Waals surface area contributed by atoms with Gasteiger partial charge in [-0.2, -0.15) is 0 Å². The van der Waals surface area contributed by atoms with Crippen molar-refractivity contribution >= 4 is 40.8 Å². The second-order valence-corrected chi connectivity index (χ2v) is 8.74. The molecule has 9 nitrogen and oxygen atoms in total. The minimum Gasteiger partial charge on any atom is -0.459 e. The van der Waals surface area contributed by atoms with Crippen molar-refractivity contribution in [1.29, 1.82) is 0 Å². The van der Waals surface area contributed by atoms with Crippen molar-refractivity contribution < 1.29 is 28.0 Å². The van der Waals surface area contributed by atoms with Gasteiger partial charge in [0.05, 0.1) is 17.7 Å². The lowest BCUT2D eigenvalue weighted by molar-refractivity contribution is -0.125. The van der Waals surface area contributed by atoms with Crippen LogP contribution in [-0.2, 0) is 9.59 Å². The monoisotopic (exact) mass is 486 g/mol. The quantitative estimate of drug-likeness (QED) is 0.598. The average Bonchev–Trinajstić information content (AvgIpc) is 3.45. The minimum absolute atomic E-state index is 0.0243. The number of nitrogens with one attached hydrogen (secondary N) is 1. The third-order valence-corrected chi connectivity index (χ3v) is 6.39. The Balaban J connectivity index is 1.20. The number of halogens is 1. The summed E-state index contributed by atoms with van der Waals surface area (Å²) in [4.78, 5) is 54.1. The number of carbonyl (C=O) groups is 4. The lowest BCUT2D eigenvalue weighted by Gasteiger charge is -2.33. The van der Waals surface area contributed by atoms with E-state index in [1.807, 2.05) is 4.90 Å². The number of furan rings is 1. The maximum atomic E-state index is 13.8. The molecule has 0 atom stereocenters. The molecule has 0 spiro atoms. The van der Waals surface area contributed by atoms with E-state index in [0.29, 0.717) is 31.9 Å². The minimum atomic E-state index is -0.509. The van der Waals surface area contributed by atoms with Gasteiger partial charge in [-0.3, -0.25) is 29.0 Å². The number of amides is 4. The van der Waals surface area contributed by atoms with E-state index in [1.165, 1.54) is 24.5 Å². The summed E-state index contributed by atoms with van der Waals surface area (Å²) in [6.45, 7) is 2.35. The first kappa shape index (κ1) is 23.7. The molecule has 11 heteroatoms. The van der Waals surface area contributed by atoms with E-state index < -0.39 is 17.0 Å². The summed E-state index contributed by atoms with van der Waals surface area (Å²) < 4.78 is 19.0. The van der Waals surface area contributed by atoms with Gasteiger partial charge in [-0.1, -0.05) is 18.2 Å². The van der Waals surface area contributed by atoms with E-state index in [9.17, 15) is 23.6 Å². The normalized spacial score (nSPS) is 18.1. The van der Waals surface area contributed by atoms with Gasteiger partial charge < -0.3 is 14.6 Å². The third kappa shape index (κ3) is 5.54. The highest BCUT2D eigenvalue weighted by Gasteiger charge is 2.35. The fourth-order valence-corrected chi connectivity index (χ4v) is 4.51. The Bertz CT molecular complexity index is 1110. The predicted octanol–water partition coefficient (Wildman–Crippen LogP) is 2.03. The highest BCUT2D eigenvalue weighted by Crippen LogP contribution is 2.32. The molecule has 0 aliphatic carbocycles. The molecular weight excluding hydrogens is 463 g/mol. The largest absolute Gasteiger partial charge is 0.459 e. The predicted molar refractivity (Wildman–Crippen MR) is 123 cm³/mol. The Morgan fingerprint density at radius 2 is 1.85 bits per heavy atom. The van der Waals surface area contributed by atoms with Crippen LogP contribution in [0.3, 0.4) is 0 Å². The number of imide groups is 1. The number of hydrogen-bond donors (Lipinski definition) is 1. The zero-order chi connectivity index (χ0) is 24.1. The van der Waals surface area contributed by atoms with Crippen molar-refractivity contribution in [3.05, 3.63) is 64.7 Å². The van der Waals surface area contributed by atoms with Gasteiger partial charge in [0.25, 0.3) is 17.1 Å². The molecular formula is C23H23FN4O5S. The maximum Gasteiger partial charge on any atom is 0.293 e. The van der Waals surface area contributed by atoms with Crippen molar-refractivity contribution in [2.45, 2.75) is 0 Å². The molecule has 2 aromatic rings. The number of benzene rings is 1. The van der Waals surface area contributed by atoms with Crippen molar-refractivity contribution in [3.63, 3.8) is 0 Å². The third-order valence-electron chi connectivity index (χ3n) is 5.48. The molecule has 0 radical (unpaired) electrons. The van der Waals surface area contributed by atoms with Gasteiger partial charge in [-0.05, 0) is 36.0 Å². The Morgan fingerprint density at radius 3 is 2.56 bits per heavy atom. The van der Waals surface area contributed by atoms with Gasteiger partial charge in [-0.15, -0.1) is 0 Å². The average molecular weight is 487 g/mol. The topological polar surface area (TPSA) is 103 Å². The van der Waals surface area contributed by atoms with Gasteiger partial charge in [0, 0.05) is 44.8 Å².